The van der Waals surface area contributed by atoms with Gasteiger partial charge in [-0.1, -0.05) is 25.1 Å². The van der Waals surface area contributed by atoms with Gasteiger partial charge < -0.3 is 4.18 Å². The van der Waals surface area contributed by atoms with E-state index in [0.29, 0.717) is 5.75 Å². The predicted octanol–water partition coefficient (Wildman–Crippen LogP) is 1.98. The van der Waals surface area contributed by atoms with Crippen molar-refractivity contribution in [1.82, 2.24) is 0 Å². The summed E-state index contributed by atoms with van der Waals surface area (Å²) in [5.41, 5.74) is 0.907. The van der Waals surface area contributed by atoms with Gasteiger partial charge >= 0.3 is 10.1 Å². The van der Waals surface area contributed by atoms with Crippen LogP contribution in [0.2, 0.25) is 0 Å². The van der Waals surface area contributed by atoms with Crippen molar-refractivity contribution in [3.05, 3.63) is 29.8 Å². The van der Waals surface area contributed by atoms with Gasteiger partial charge in [-0.3, -0.25) is 0 Å². The van der Waals surface area contributed by atoms with Gasteiger partial charge in [0.05, 0.1) is 5.75 Å². The average molecular weight is 214 g/mol. The first kappa shape index (κ1) is 11.0. The van der Waals surface area contributed by atoms with Gasteiger partial charge in [-0.2, -0.15) is 8.42 Å². The largest absolute Gasteiger partial charge is 0.382 e. The second-order valence-corrected chi connectivity index (χ2v) is 4.75. The second kappa shape index (κ2) is 4.46. The zero-order valence-electron chi connectivity index (χ0n) is 8.36. The second-order valence-electron chi connectivity index (χ2n) is 2.89. The molecule has 0 bridgehead atoms. The van der Waals surface area contributed by atoms with Crippen LogP contribution in [0.4, 0.5) is 0 Å². The zero-order chi connectivity index (χ0) is 10.6. The topological polar surface area (TPSA) is 43.4 Å². The lowest BCUT2D eigenvalue weighted by atomic mass is 10.1. The highest BCUT2D eigenvalue weighted by molar-refractivity contribution is 7.87. The lowest BCUT2D eigenvalue weighted by Gasteiger charge is -2.08. The van der Waals surface area contributed by atoms with E-state index in [-0.39, 0.29) is 5.75 Å². The Labute approximate surface area is 84.8 Å². The molecule has 4 heteroatoms. The fourth-order valence-corrected chi connectivity index (χ4v) is 1.63. The minimum absolute atomic E-state index is 0.00888. The van der Waals surface area contributed by atoms with Crippen LogP contribution in [0.25, 0.3) is 0 Å². The summed E-state index contributed by atoms with van der Waals surface area (Å²) in [5.74, 6) is 0.433. The van der Waals surface area contributed by atoms with Gasteiger partial charge in [0.2, 0.25) is 0 Å². The maximum absolute atomic E-state index is 11.2. The molecule has 0 radical (unpaired) electrons. The van der Waals surface area contributed by atoms with Crippen LogP contribution in [0.3, 0.4) is 0 Å². The van der Waals surface area contributed by atoms with Crippen molar-refractivity contribution in [3.8, 4) is 5.75 Å². The lowest BCUT2D eigenvalue weighted by molar-refractivity contribution is 0.484. The molecule has 0 aliphatic heterocycles. The Morgan fingerprint density at radius 2 is 1.86 bits per heavy atom. The molecule has 1 rings (SSSR count). The van der Waals surface area contributed by atoms with E-state index in [1.807, 2.05) is 19.1 Å². The molecule has 1 aromatic rings. The Balaban J connectivity index is 2.97. The van der Waals surface area contributed by atoms with Gasteiger partial charge in [0.15, 0.2) is 0 Å². The Hall–Kier alpha value is -1.03. The van der Waals surface area contributed by atoms with E-state index in [1.165, 1.54) is 0 Å². The summed E-state index contributed by atoms with van der Waals surface area (Å²) >= 11 is 0. The Morgan fingerprint density at radius 3 is 2.43 bits per heavy atom. The molecule has 78 valence electrons. The van der Waals surface area contributed by atoms with Crippen LogP contribution in [-0.4, -0.2) is 14.2 Å². The van der Waals surface area contributed by atoms with Crippen LogP contribution in [0.1, 0.15) is 19.4 Å². The number of aryl methyl sites for hydroxylation is 1. The molecule has 0 unspecified atom stereocenters. The van der Waals surface area contributed by atoms with Crippen LogP contribution < -0.4 is 4.18 Å². The molecule has 0 heterocycles. The van der Waals surface area contributed by atoms with Crippen molar-refractivity contribution in [1.29, 1.82) is 0 Å². The molecule has 3 nitrogen and oxygen atoms in total. The molecule has 0 saturated heterocycles. The molecular weight excluding hydrogens is 200 g/mol. The quantitative estimate of drug-likeness (QED) is 0.720. The number of rotatable bonds is 4. The Morgan fingerprint density at radius 1 is 1.21 bits per heavy atom. The fraction of sp³-hybridized carbons (Fsp3) is 0.400. The van der Waals surface area contributed by atoms with Crippen molar-refractivity contribution >= 4 is 10.1 Å². The first-order valence-corrected chi connectivity index (χ1v) is 6.17. The molecular formula is C10H14O3S. The summed E-state index contributed by atoms with van der Waals surface area (Å²) in [7, 11) is -3.41. The molecule has 0 aliphatic carbocycles. The fourth-order valence-electron chi connectivity index (χ4n) is 1.07. The average Bonchev–Trinajstić information content (AvgIpc) is 2.18. The van der Waals surface area contributed by atoms with Crippen molar-refractivity contribution in [2.45, 2.75) is 20.3 Å². The molecule has 1 aromatic carbocycles. The summed E-state index contributed by atoms with van der Waals surface area (Å²) in [6.07, 6.45) is 0.759. The Bertz CT molecular complexity index is 396. The standard InChI is InChI=1S/C10H14O3S/c1-3-9-7-5-6-8-10(9)13-14(11,12)4-2/h5-8H,3-4H2,1-2H3. The molecule has 0 aliphatic rings. The van der Waals surface area contributed by atoms with Gasteiger partial charge in [-0.15, -0.1) is 0 Å². The number of benzene rings is 1. The van der Waals surface area contributed by atoms with E-state index >= 15 is 0 Å². The maximum atomic E-state index is 11.2. The van der Waals surface area contributed by atoms with E-state index in [9.17, 15) is 8.42 Å². The Kier molecular flexibility index (Phi) is 3.52. The summed E-state index contributed by atoms with van der Waals surface area (Å²) in [5, 5.41) is 0. The van der Waals surface area contributed by atoms with Crippen LogP contribution in [0.15, 0.2) is 24.3 Å². The van der Waals surface area contributed by atoms with Gasteiger partial charge in [0.1, 0.15) is 5.75 Å². The van der Waals surface area contributed by atoms with Gasteiger partial charge in [0, 0.05) is 0 Å². The van der Waals surface area contributed by atoms with E-state index in [2.05, 4.69) is 0 Å². The minimum Gasteiger partial charge on any atom is -0.382 e. The third-order valence-corrected chi connectivity index (χ3v) is 3.06. The highest BCUT2D eigenvalue weighted by Crippen LogP contribution is 2.20. The summed E-state index contributed by atoms with van der Waals surface area (Å²) in [4.78, 5) is 0. The molecule has 0 N–H and O–H groups in total. The molecule has 0 aromatic heterocycles. The van der Waals surface area contributed by atoms with Crippen LogP contribution in [-0.2, 0) is 16.5 Å². The predicted molar refractivity (Wildman–Crippen MR) is 55.9 cm³/mol. The first-order valence-electron chi connectivity index (χ1n) is 4.59. The van der Waals surface area contributed by atoms with Crippen LogP contribution in [0, 0.1) is 0 Å². The van der Waals surface area contributed by atoms with Crippen LogP contribution >= 0.6 is 0 Å². The van der Waals surface area contributed by atoms with Gasteiger partial charge in [-0.05, 0) is 25.0 Å². The van der Waals surface area contributed by atoms with E-state index in [0.717, 1.165) is 12.0 Å². The third kappa shape index (κ3) is 2.73. The molecule has 0 atom stereocenters. The molecule has 0 amide bonds. The molecule has 0 fully saturated rings. The summed E-state index contributed by atoms with van der Waals surface area (Å²) < 4.78 is 27.4. The van der Waals surface area contributed by atoms with E-state index in [4.69, 9.17) is 4.18 Å². The molecule has 0 saturated carbocycles. The maximum Gasteiger partial charge on any atom is 0.308 e. The van der Waals surface area contributed by atoms with Crippen molar-refractivity contribution in [3.63, 3.8) is 0 Å². The highest BCUT2D eigenvalue weighted by Gasteiger charge is 2.11. The molecule has 0 spiro atoms. The van der Waals surface area contributed by atoms with Crippen molar-refractivity contribution in [2.24, 2.45) is 0 Å². The lowest BCUT2D eigenvalue weighted by Crippen LogP contribution is -2.12. The first-order chi connectivity index (χ1) is 6.59. The van der Waals surface area contributed by atoms with E-state index in [1.54, 1.807) is 19.1 Å². The van der Waals surface area contributed by atoms with Gasteiger partial charge in [0.25, 0.3) is 0 Å². The smallest absolute Gasteiger partial charge is 0.308 e. The third-order valence-electron chi connectivity index (χ3n) is 1.92. The van der Waals surface area contributed by atoms with Crippen molar-refractivity contribution in [2.75, 3.05) is 5.75 Å². The van der Waals surface area contributed by atoms with Crippen molar-refractivity contribution < 1.29 is 12.6 Å². The van der Waals surface area contributed by atoms with E-state index < -0.39 is 10.1 Å². The summed E-state index contributed by atoms with van der Waals surface area (Å²) in [6, 6.07) is 7.16. The summed E-state index contributed by atoms with van der Waals surface area (Å²) in [6.45, 7) is 3.52. The normalized spacial score (nSPS) is 11.3. The SMILES string of the molecule is CCc1ccccc1OS(=O)(=O)CC. The molecule has 14 heavy (non-hydrogen) atoms. The van der Waals surface area contributed by atoms with Gasteiger partial charge in [-0.25, -0.2) is 0 Å². The zero-order valence-corrected chi connectivity index (χ0v) is 9.17. The number of hydrogen-bond donors (Lipinski definition) is 0. The minimum atomic E-state index is -3.41. The van der Waals surface area contributed by atoms with Crippen LogP contribution in [0.5, 0.6) is 5.75 Å². The number of hydrogen-bond acceptors (Lipinski definition) is 3. The monoisotopic (exact) mass is 214 g/mol. The number of para-hydroxylation sites is 1. The highest BCUT2D eigenvalue weighted by atomic mass is 32.2.